The molecule has 10 aromatic carbocycles. The van der Waals surface area contributed by atoms with Crippen LogP contribution in [-0.2, 0) is 0 Å². The molecule has 12 rings (SSSR count). The van der Waals surface area contributed by atoms with Crippen molar-refractivity contribution < 1.29 is 21.9 Å². The Bertz CT molecular complexity index is 4410. The van der Waals surface area contributed by atoms with Crippen molar-refractivity contribution in [2.24, 2.45) is 0 Å². The van der Waals surface area contributed by atoms with Crippen LogP contribution in [0.1, 0.15) is 21.9 Å². The van der Waals surface area contributed by atoms with Gasteiger partial charge in [-0.05, 0) is 91.4 Å². The van der Waals surface area contributed by atoms with Crippen molar-refractivity contribution in [2.75, 3.05) is 0 Å². The number of benzene rings is 10. The lowest BCUT2D eigenvalue weighted by atomic mass is 9.99. The lowest BCUT2D eigenvalue weighted by Gasteiger charge is -2.34. The first-order valence-electron chi connectivity index (χ1n) is 28.5. The molecule has 0 amide bonds. The molecule has 0 aliphatic heterocycles. The molecule has 0 saturated carbocycles. The number of rotatable bonds is 8. The first-order chi connectivity index (χ1) is 37.9. The van der Waals surface area contributed by atoms with Gasteiger partial charge in [0.1, 0.15) is 0 Å². The standard InChI is InChI=1S/C60H42N2Si/c1-6-21-43(22-7-1)51-34-19-37-57-59(51)53-33-16-17-36-55(53)62(57)46-39-40-56-54(42-46)60-52(44-23-8-2-9-24-44)35-20-38-58(60)61(56)45-25-18-32-50(41-45)63(47-26-10-3-11-27-47,48-28-12-4-13-29-48)49-30-14-5-15-31-49/h1-42H/i1D,2D,6D,7D,8D,9D,20D,21D,22D,23D,24D,35D,38D,39D,40D,42D. The number of hydrogen-bond donors (Lipinski definition) is 0. The molecule has 0 atom stereocenters. The Morgan fingerprint density at radius 2 is 0.873 bits per heavy atom. The molecule has 2 heterocycles. The molecule has 0 bridgehead atoms. The van der Waals surface area contributed by atoms with Gasteiger partial charge in [-0.3, -0.25) is 0 Å². The van der Waals surface area contributed by atoms with E-state index in [0.29, 0.717) is 27.5 Å². The van der Waals surface area contributed by atoms with E-state index in [2.05, 4.69) is 36.4 Å². The highest BCUT2D eigenvalue weighted by atomic mass is 28.3. The van der Waals surface area contributed by atoms with E-state index >= 15 is 0 Å². The SMILES string of the molecule is [2H]c1c([2H])c([2H])c(-c2cccc3c2c2ccccc2n3-c2c([2H])c([2H])c3c(c2[2H])c2c(-c4c([2H])c([2H])c([2H])c([2H])c4[2H])c([2H])c([2H])c([2H])c2n3-c2cccc([Si](c3ccccc3)(c3ccccc3)c3ccccc3)c2)c([2H])c1[2H]. The monoisotopic (exact) mass is 834 g/mol. The second kappa shape index (κ2) is 15.2. The van der Waals surface area contributed by atoms with Gasteiger partial charge < -0.3 is 9.13 Å². The van der Waals surface area contributed by atoms with Gasteiger partial charge in [-0.1, -0.05) is 206 Å². The van der Waals surface area contributed by atoms with Crippen molar-refractivity contribution in [2.45, 2.75) is 0 Å². The molecule has 0 unspecified atom stereocenters. The van der Waals surface area contributed by atoms with Gasteiger partial charge in [-0.25, -0.2) is 0 Å². The van der Waals surface area contributed by atoms with Crippen molar-refractivity contribution in [1.29, 1.82) is 0 Å². The van der Waals surface area contributed by atoms with E-state index in [-0.39, 0.29) is 44.2 Å². The van der Waals surface area contributed by atoms with Crippen LogP contribution in [0.25, 0.3) is 77.2 Å². The smallest absolute Gasteiger partial charge is 0.179 e. The summed E-state index contributed by atoms with van der Waals surface area (Å²) >= 11 is 0. The van der Waals surface area contributed by atoms with E-state index in [1.165, 1.54) is 4.57 Å². The second-order valence-electron chi connectivity index (χ2n) is 15.2. The maximum absolute atomic E-state index is 10.6. The predicted molar refractivity (Wildman–Crippen MR) is 270 cm³/mol. The van der Waals surface area contributed by atoms with Crippen LogP contribution in [0.5, 0.6) is 0 Å². The Hall–Kier alpha value is -7.98. The van der Waals surface area contributed by atoms with Crippen LogP contribution in [-0.4, -0.2) is 17.2 Å². The highest BCUT2D eigenvalue weighted by Crippen LogP contribution is 2.42. The van der Waals surface area contributed by atoms with Crippen molar-refractivity contribution in [3.63, 3.8) is 0 Å². The van der Waals surface area contributed by atoms with Crippen molar-refractivity contribution in [1.82, 2.24) is 9.13 Å². The predicted octanol–water partition coefficient (Wildman–Crippen LogP) is 12.6. The van der Waals surface area contributed by atoms with Crippen LogP contribution in [0.4, 0.5) is 0 Å². The molecular formula is C60H42N2Si. The molecule has 296 valence electrons. The normalized spacial score (nSPS) is 15.4. The van der Waals surface area contributed by atoms with E-state index in [9.17, 15) is 11.0 Å². The summed E-state index contributed by atoms with van der Waals surface area (Å²) in [5.41, 5.74) is 0.192. The summed E-state index contributed by atoms with van der Waals surface area (Å²) in [5.74, 6) is 0. The van der Waals surface area contributed by atoms with E-state index in [0.717, 1.165) is 20.7 Å². The highest BCUT2D eigenvalue weighted by Gasteiger charge is 2.41. The third kappa shape index (κ3) is 5.85. The molecule has 0 saturated heterocycles. The Morgan fingerprint density at radius 3 is 1.54 bits per heavy atom. The van der Waals surface area contributed by atoms with E-state index in [4.69, 9.17) is 11.0 Å². The van der Waals surface area contributed by atoms with E-state index in [1.54, 1.807) is 53.1 Å². The Labute approximate surface area is 390 Å². The Morgan fingerprint density at radius 1 is 0.333 bits per heavy atom. The zero-order chi connectivity index (χ0) is 55.7. The topological polar surface area (TPSA) is 9.86 Å². The second-order valence-corrected chi connectivity index (χ2v) is 19.0. The molecule has 63 heavy (non-hydrogen) atoms. The maximum Gasteiger partial charge on any atom is 0.179 e. The summed E-state index contributed by atoms with van der Waals surface area (Å²) in [5, 5.41) is 4.70. The average molecular weight is 835 g/mol. The fourth-order valence-corrected chi connectivity index (χ4v) is 14.2. The molecule has 3 heteroatoms. The minimum Gasteiger partial charge on any atom is -0.309 e. The van der Waals surface area contributed by atoms with Gasteiger partial charge in [0.2, 0.25) is 0 Å². The van der Waals surface area contributed by atoms with Gasteiger partial charge in [-0.15, -0.1) is 0 Å². The van der Waals surface area contributed by atoms with Gasteiger partial charge in [0, 0.05) is 32.9 Å². The maximum atomic E-state index is 10.6. The molecule has 0 spiro atoms. The number of para-hydroxylation sites is 1. The molecule has 12 aromatic rings. The fraction of sp³-hybridized carbons (Fsp3) is 0. The van der Waals surface area contributed by atoms with Crippen LogP contribution < -0.4 is 20.7 Å². The zero-order valence-corrected chi connectivity index (χ0v) is 34.4. The Kier molecular flexibility index (Phi) is 5.75. The first-order valence-corrected chi connectivity index (χ1v) is 22.5. The van der Waals surface area contributed by atoms with Crippen LogP contribution in [0.15, 0.2) is 254 Å². The quantitative estimate of drug-likeness (QED) is 0.107. The lowest BCUT2D eigenvalue weighted by Crippen LogP contribution is -2.74. The van der Waals surface area contributed by atoms with Crippen molar-refractivity contribution in [3.8, 4) is 33.6 Å². The molecule has 0 radical (unpaired) electrons. The third-order valence-corrected chi connectivity index (χ3v) is 16.7. The van der Waals surface area contributed by atoms with Crippen LogP contribution >= 0.6 is 0 Å². The third-order valence-electron chi connectivity index (χ3n) is 11.9. The van der Waals surface area contributed by atoms with Crippen LogP contribution in [0.3, 0.4) is 0 Å². The van der Waals surface area contributed by atoms with Gasteiger partial charge >= 0.3 is 0 Å². The zero-order valence-electron chi connectivity index (χ0n) is 49.4. The van der Waals surface area contributed by atoms with Crippen molar-refractivity contribution >= 4 is 72.4 Å². The summed E-state index contributed by atoms with van der Waals surface area (Å²) in [6.45, 7) is 0. The average Bonchev–Trinajstić information content (AvgIpc) is 4.15. The molecule has 2 aromatic heterocycles. The molecule has 0 aliphatic carbocycles. The molecule has 0 N–H and O–H groups in total. The summed E-state index contributed by atoms with van der Waals surface area (Å²) in [6, 6.07) is 40.8. The number of nitrogens with zero attached hydrogens (tertiary/aromatic N) is 2. The summed E-state index contributed by atoms with van der Waals surface area (Å²) in [7, 11) is -3.30. The minimum absolute atomic E-state index is 0.0714. The molecule has 0 aliphatic rings. The minimum atomic E-state index is -3.30. The van der Waals surface area contributed by atoms with Crippen molar-refractivity contribution in [3.05, 3.63) is 254 Å². The van der Waals surface area contributed by atoms with Gasteiger partial charge in [0.15, 0.2) is 8.07 Å². The van der Waals surface area contributed by atoms with Crippen LogP contribution in [0.2, 0.25) is 0 Å². The molecule has 0 fully saturated rings. The highest BCUT2D eigenvalue weighted by molar-refractivity contribution is 7.19. The first kappa shape index (κ1) is 23.9. The van der Waals surface area contributed by atoms with Gasteiger partial charge in [0.25, 0.3) is 0 Å². The summed E-state index contributed by atoms with van der Waals surface area (Å²) in [4.78, 5) is 0. The largest absolute Gasteiger partial charge is 0.309 e. The summed E-state index contributed by atoms with van der Waals surface area (Å²) < 4.78 is 151. The van der Waals surface area contributed by atoms with E-state index < -0.39 is 110 Å². The van der Waals surface area contributed by atoms with Crippen LogP contribution in [0, 0.1) is 0 Å². The van der Waals surface area contributed by atoms with E-state index in [1.807, 2.05) is 72.8 Å². The Balaban J connectivity index is 1.27. The lowest BCUT2D eigenvalue weighted by molar-refractivity contribution is 1.17. The van der Waals surface area contributed by atoms with Gasteiger partial charge in [0.05, 0.1) is 44.0 Å². The number of fused-ring (bicyclic) bond motifs is 6. The van der Waals surface area contributed by atoms with Gasteiger partial charge in [-0.2, -0.15) is 0 Å². The molecular weight excluding hydrogens is 777 g/mol. The number of hydrogen-bond acceptors (Lipinski definition) is 0. The summed E-state index contributed by atoms with van der Waals surface area (Å²) in [6.07, 6.45) is 0. The fourth-order valence-electron chi connectivity index (χ4n) is 9.39. The molecule has 2 nitrogen and oxygen atoms in total. The number of aromatic nitrogens is 2.